The molecule has 0 aliphatic heterocycles. The van der Waals surface area contributed by atoms with Gasteiger partial charge in [-0.15, -0.1) is 0 Å². The minimum absolute atomic E-state index is 0. The third kappa shape index (κ3) is 4.83. The van der Waals surface area contributed by atoms with E-state index >= 15 is 0 Å². The number of carbonyl (C=O) groups is 1. The molecule has 0 aromatic carbocycles. The molecule has 0 aromatic heterocycles. The summed E-state index contributed by atoms with van der Waals surface area (Å²) < 4.78 is 0. The van der Waals surface area contributed by atoms with Crippen molar-refractivity contribution in [3.63, 3.8) is 0 Å². The number of carbonyl (C=O) groups excluding carboxylic acids is 1. The molecule has 2 unspecified atom stereocenters. The molecule has 5 heteroatoms. The van der Waals surface area contributed by atoms with E-state index in [2.05, 4.69) is 0 Å². The monoisotopic (exact) mass is 225 g/mol. The van der Waals surface area contributed by atoms with Gasteiger partial charge < -0.3 is 15.1 Å². The van der Waals surface area contributed by atoms with Crippen LogP contribution in [0, 0.1) is 5.92 Å². The second-order valence-corrected chi connectivity index (χ2v) is 4.01. The fraction of sp³-hybridized carbons (Fsp3) is 0.900. The topological polar surface area (TPSA) is 63.6 Å². The van der Waals surface area contributed by atoms with Crippen molar-refractivity contribution in [2.24, 2.45) is 5.92 Å². The van der Waals surface area contributed by atoms with E-state index < -0.39 is 11.5 Å². The molecule has 0 bridgehead atoms. The summed E-state index contributed by atoms with van der Waals surface area (Å²) in [5.41, 5.74) is -1.27. The summed E-state index contributed by atoms with van der Waals surface area (Å²) >= 11 is 0. The first-order valence-corrected chi connectivity index (χ1v) is 5.06. The molecule has 4 nitrogen and oxygen atoms in total. The summed E-state index contributed by atoms with van der Waals surface area (Å²) in [5.74, 6) is -0.962. The summed E-state index contributed by atoms with van der Waals surface area (Å²) in [5, 5.41) is 21.4. The Morgan fingerprint density at radius 3 is 2.27 bits per heavy atom. The number of carboxylic acid groups (broad SMARTS) is 1. The van der Waals surface area contributed by atoms with E-state index in [1.165, 1.54) is 6.92 Å². The molecule has 0 spiro atoms. The Morgan fingerprint density at radius 1 is 1.53 bits per heavy atom. The molecule has 15 heavy (non-hydrogen) atoms. The van der Waals surface area contributed by atoms with Gasteiger partial charge >= 0.3 is 29.6 Å². The third-order valence-electron chi connectivity index (χ3n) is 2.88. The van der Waals surface area contributed by atoms with E-state index in [1.54, 1.807) is 6.92 Å². The van der Waals surface area contributed by atoms with Gasteiger partial charge in [-0.3, -0.25) is 0 Å². The number of carboxylic acids is 1. The molecule has 0 aliphatic rings. The molecule has 1 N–H and O–H groups in total. The van der Waals surface area contributed by atoms with Gasteiger partial charge in [0.2, 0.25) is 0 Å². The Kier molecular flexibility index (Phi) is 9.04. The zero-order valence-electron chi connectivity index (χ0n) is 10.4. The second kappa shape index (κ2) is 7.63. The van der Waals surface area contributed by atoms with Crippen LogP contribution in [0.25, 0.3) is 0 Å². The van der Waals surface area contributed by atoms with Crippen molar-refractivity contribution >= 4 is 5.97 Å². The van der Waals surface area contributed by atoms with Crippen LogP contribution < -0.4 is 34.7 Å². The van der Waals surface area contributed by atoms with Crippen LogP contribution in [0.5, 0.6) is 0 Å². The summed E-state index contributed by atoms with van der Waals surface area (Å²) in [6.07, 6.45) is 1.23. The van der Waals surface area contributed by atoms with Crippen LogP contribution in [-0.2, 0) is 4.79 Å². The summed E-state index contributed by atoms with van der Waals surface area (Å²) in [6.45, 7) is 7.52. The predicted molar refractivity (Wildman–Crippen MR) is 51.7 cm³/mol. The van der Waals surface area contributed by atoms with Crippen LogP contribution in [0.15, 0.2) is 0 Å². The molecule has 0 saturated heterocycles. The number of hydrogen-bond acceptors (Lipinski definition) is 4. The van der Waals surface area contributed by atoms with Gasteiger partial charge in [0.05, 0.1) is 11.5 Å². The molecular formula is C10H20NNaO3. The van der Waals surface area contributed by atoms with Crippen molar-refractivity contribution in [2.75, 3.05) is 6.54 Å². The molecule has 0 aliphatic carbocycles. The smallest absolute Gasteiger partial charge is 0.548 e. The van der Waals surface area contributed by atoms with Crippen LogP contribution in [0.3, 0.4) is 0 Å². The van der Waals surface area contributed by atoms with E-state index in [-0.39, 0.29) is 35.5 Å². The van der Waals surface area contributed by atoms with E-state index in [0.717, 1.165) is 11.5 Å². The Hall–Kier alpha value is 0.390. The van der Waals surface area contributed by atoms with Crippen molar-refractivity contribution in [1.29, 1.82) is 0 Å². The number of nitrogens with zero attached hydrogens (tertiary/aromatic N) is 1. The molecule has 0 radical (unpaired) electrons. The van der Waals surface area contributed by atoms with Gasteiger partial charge in [-0.25, -0.2) is 0 Å². The largest absolute Gasteiger partial charge is 1.00 e. The van der Waals surface area contributed by atoms with Crippen molar-refractivity contribution < 1.29 is 44.7 Å². The van der Waals surface area contributed by atoms with Crippen LogP contribution in [0.1, 0.15) is 40.5 Å². The van der Waals surface area contributed by atoms with Gasteiger partial charge in [-0.2, -0.15) is 5.06 Å². The number of aliphatic carboxylic acids is 1. The number of hydrogen-bond donors (Lipinski definition) is 1. The zero-order valence-corrected chi connectivity index (χ0v) is 12.4. The van der Waals surface area contributed by atoms with Gasteiger partial charge in [0.15, 0.2) is 0 Å². The first-order chi connectivity index (χ1) is 6.38. The second-order valence-electron chi connectivity index (χ2n) is 4.01. The molecule has 0 saturated carbocycles. The van der Waals surface area contributed by atoms with Crippen LogP contribution >= 0.6 is 0 Å². The van der Waals surface area contributed by atoms with Crippen LogP contribution in [-0.4, -0.2) is 28.3 Å². The maximum atomic E-state index is 10.9. The van der Waals surface area contributed by atoms with Crippen molar-refractivity contribution in [3.8, 4) is 0 Å². The molecule has 0 fully saturated rings. The van der Waals surface area contributed by atoms with Gasteiger partial charge in [0, 0.05) is 6.54 Å². The molecule has 0 rings (SSSR count). The van der Waals surface area contributed by atoms with Crippen LogP contribution in [0.4, 0.5) is 0 Å². The molecule has 0 amide bonds. The first-order valence-electron chi connectivity index (χ1n) is 5.06. The van der Waals surface area contributed by atoms with Crippen molar-refractivity contribution in [3.05, 3.63) is 0 Å². The van der Waals surface area contributed by atoms with Gasteiger partial charge in [-0.1, -0.05) is 27.2 Å². The number of hydroxylamine groups is 2. The van der Waals surface area contributed by atoms with Gasteiger partial charge in [-0.05, 0) is 19.3 Å². The minimum Gasteiger partial charge on any atom is -0.548 e. The molecule has 0 heterocycles. The maximum absolute atomic E-state index is 10.9. The molecule has 0 aromatic rings. The van der Waals surface area contributed by atoms with E-state index in [9.17, 15) is 15.1 Å². The van der Waals surface area contributed by atoms with Crippen molar-refractivity contribution in [1.82, 2.24) is 5.06 Å². The zero-order chi connectivity index (χ0) is 11.4. The minimum atomic E-state index is -1.27. The quantitative estimate of drug-likeness (QED) is 0.406. The summed E-state index contributed by atoms with van der Waals surface area (Å²) in [6, 6.07) is 0. The Balaban J connectivity index is 0. The fourth-order valence-electron chi connectivity index (χ4n) is 1.06. The molecular weight excluding hydrogens is 205 g/mol. The van der Waals surface area contributed by atoms with Gasteiger partial charge in [0.25, 0.3) is 0 Å². The third-order valence-corrected chi connectivity index (χ3v) is 2.88. The van der Waals surface area contributed by atoms with E-state index in [1.807, 2.05) is 13.8 Å². The predicted octanol–water partition coefficient (Wildman–Crippen LogP) is -2.35. The standard InChI is InChI=1S/C10H21NO3.Na/c1-5-8(3)7-11(14)10(4,6-2)9(12)13;/h8,14H,5-7H2,1-4H3,(H,12,13);/q;+1/p-1. The van der Waals surface area contributed by atoms with Crippen LogP contribution in [0.2, 0.25) is 0 Å². The maximum Gasteiger partial charge on any atom is 1.00 e. The SMILES string of the molecule is CCC(C)CN(O)C(C)(CC)C(=O)[O-].[Na+]. The Bertz CT molecular complexity index is 201. The van der Waals surface area contributed by atoms with Gasteiger partial charge in [0.1, 0.15) is 0 Å². The summed E-state index contributed by atoms with van der Waals surface area (Å²) in [4.78, 5) is 10.9. The average Bonchev–Trinajstić information content (AvgIpc) is 2.15. The normalized spacial score (nSPS) is 16.7. The molecule has 84 valence electrons. The molecule has 2 atom stereocenters. The van der Waals surface area contributed by atoms with E-state index in [4.69, 9.17) is 0 Å². The summed E-state index contributed by atoms with van der Waals surface area (Å²) in [7, 11) is 0. The first kappa shape index (κ1) is 17.8. The Labute approximate surface area is 114 Å². The number of rotatable bonds is 6. The van der Waals surface area contributed by atoms with E-state index in [0.29, 0.717) is 13.0 Å². The average molecular weight is 225 g/mol. The van der Waals surface area contributed by atoms with Crippen molar-refractivity contribution in [2.45, 2.75) is 46.1 Å². The fourth-order valence-corrected chi connectivity index (χ4v) is 1.06. The Morgan fingerprint density at radius 2 is 2.00 bits per heavy atom.